The standard InChI is InChI=1S/C13H19NO2/c15-11-5-7-13-6-2-8-14(13)12(16)4-1-3-10(13)9-11/h10H,1-9H2/t10-,13+/m0/s1. The lowest BCUT2D eigenvalue weighted by Crippen LogP contribution is -2.53. The zero-order chi connectivity index (χ0) is 11.2. The Morgan fingerprint density at radius 1 is 1.12 bits per heavy atom. The Labute approximate surface area is 96.2 Å². The van der Waals surface area contributed by atoms with Gasteiger partial charge in [0.15, 0.2) is 0 Å². The predicted octanol–water partition coefficient (Wildman–Crippen LogP) is 1.90. The minimum atomic E-state index is 0.0848. The van der Waals surface area contributed by atoms with Crippen LogP contribution in [-0.4, -0.2) is 28.7 Å². The van der Waals surface area contributed by atoms with E-state index >= 15 is 0 Å². The first kappa shape index (κ1) is 10.3. The third-order valence-electron chi connectivity index (χ3n) is 4.84. The van der Waals surface area contributed by atoms with Crippen LogP contribution in [0.5, 0.6) is 0 Å². The molecule has 88 valence electrons. The van der Waals surface area contributed by atoms with Crippen molar-refractivity contribution < 1.29 is 9.59 Å². The number of rotatable bonds is 0. The van der Waals surface area contributed by atoms with Gasteiger partial charge in [0, 0.05) is 31.3 Å². The highest BCUT2D eigenvalue weighted by molar-refractivity contribution is 5.82. The van der Waals surface area contributed by atoms with E-state index < -0.39 is 0 Å². The van der Waals surface area contributed by atoms with E-state index in [4.69, 9.17) is 0 Å². The molecule has 0 radical (unpaired) electrons. The van der Waals surface area contributed by atoms with Gasteiger partial charge >= 0.3 is 0 Å². The lowest BCUT2D eigenvalue weighted by atomic mass is 9.69. The van der Waals surface area contributed by atoms with Crippen molar-refractivity contribution in [3.05, 3.63) is 0 Å². The minimum absolute atomic E-state index is 0.0848. The van der Waals surface area contributed by atoms with Crippen molar-refractivity contribution in [2.45, 2.75) is 56.9 Å². The monoisotopic (exact) mass is 221 g/mol. The molecule has 1 spiro atoms. The zero-order valence-corrected chi connectivity index (χ0v) is 9.71. The summed E-state index contributed by atoms with van der Waals surface area (Å²) in [6.45, 7) is 0.934. The number of amides is 1. The molecule has 0 aromatic rings. The van der Waals surface area contributed by atoms with Crippen LogP contribution in [0.2, 0.25) is 0 Å². The molecule has 3 aliphatic rings. The second-order valence-corrected chi connectivity index (χ2v) is 5.58. The molecule has 0 N–H and O–H groups in total. The van der Waals surface area contributed by atoms with E-state index in [0.29, 0.717) is 30.4 Å². The van der Waals surface area contributed by atoms with Crippen molar-refractivity contribution in [2.75, 3.05) is 6.54 Å². The van der Waals surface area contributed by atoms with Crippen LogP contribution in [0.1, 0.15) is 51.4 Å². The third kappa shape index (κ3) is 1.33. The van der Waals surface area contributed by atoms with Gasteiger partial charge < -0.3 is 4.90 Å². The van der Waals surface area contributed by atoms with E-state index in [1.807, 2.05) is 0 Å². The summed E-state index contributed by atoms with van der Waals surface area (Å²) < 4.78 is 0. The molecular formula is C13H19NO2. The van der Waals surface area contributed by atoms with Gasteiger partial charge in [-0.3, -0.25) is 9.59 Å². The molecule has 2 heterocycles. The first-order valence-electron chi connectivity index (χ1n) is 6.54. The molecule has 16 heavy (non-hydrogen) atoms. The predicted molar refractivity (Wildman–Crippen MR) is 59.9 cm³/mol. The average Bonchev–Trinajstić information content (AvgIpc) is 2.63. The molecule has 3 nitrogen and oxygen atoms in total. The summed E-state index contributed by atoms with van der Waals surface area (Å²) in [5, 5.41) is 0. The maximum Gasteiger partial charge on any atom is 0.223 e. The molecule has 2 saturated heterocycles. The van der Waals surface area contributed by atoms with Crippen LogP contribution in [-0.2, 0) is 9.59 Å². The number of carbonyl (C=O) groups excluding carboxylic acids is 2. The van der Waals surface area contributed by atoms with Gasteiger partial charge in [-0.05, 0) is 38.0 Å². The number of hydrogen-bond acceptors (Lipinski definition) is 2. The number of ketones is 1. The molecule has 0 bridgehead atoms. The van der Waals surface area contributed by atoms with Crippen molar-refractivity contribution in [1.29, 1.82) is 0 Å². The first-order valence-corrected chi connectivity index (χ1v) is 6.54. The van der Waals surface area contributed by atoms with Crippen LogP contribution in [0.15, 0.2) is 0 Å². The number of Topliss-reactive ketones (excluding diaryl/α,β-unsaturated/α-hetero) is 1. The lowest BCUT2D eigenvalue weighted by Gasteiger charge is -2.45. The van der Waals surface area contributed by atoms with Gasteiger partial charge in [0.25, 0.3) is 0 Å². The first-order chi connectivity index (χ1) is 7.72. The Morgan fingerprint density at radius 3 is 2.88 bits per heavy atom. The van der Waals surface area contributed by atoms with Crippen molar-refractivity contribution in [1.82, 2.24) is 4.90 Å². The fourth-order valence-electron chi connectivity index (χ4n) is 4.09. The number of carbonyl (C=O) groups is 2. The summed E-state index contributed by atoms with van der Waals surface area (Å²) in [6, 6.07) is 0. The van der Waals surface area contributed by atoms with Gasteiger partial charge in [0.2, 0.25) is 5.91 Å². The van der Waals surface area contributed by atoms with Crippen LogP contribution in [0, 0.1) is 5.92 Å². The molecule has 0 unspecified atom stereocenters. The van der Waals surface area contributed by atoms with Gasteiger partial charge in [-0.25, -0.2) is 0 Å². The van der Waals surface area contributed by atoms with Crippen molar-refractivity contribution in [2.24, 2.45) is 5.92 Å². The summed E-state index contributed by atoms with van der Waals surface area (Å²) >= 11 is 0. The smallest absolute Gasteiger partial charge is 0.223 e. The fourth-order valence-corrected chi connectivity index (χ4v) is 4.09. The Hall–Kier alpha value is -0.860. The van der Waals surface area contributed by atoms with Crippen LogP contribution in [0.4, 0.5) is 0 Å². The summed E-state index contributed by atoms with van der Waals surface area (Å²) in [4.78, 5) is 25.8. The normalized spacial score (nSPS) is 39.2. The Bertz CT molecular complexity index is 339. The molecule has 2 atom stereocenters. The second-order valence-electron chi connectivity index (χ2n) is 5.58. The minimum Gasteiger partial charge on any atom is -0.337 e. The molecule has 1 aliphatic carbocycles. The van der Waals surface area contributed by atoms with Crippen molar-refractivity contribution >= 4 is 11.7 Å². The third-order valence-corrected chi connectivity index (χ3v) is 4.84. The molecule has 1 amide bonds. The highest BCUT2D eigenvalue weighted by atomic mass is 16.2. The van der Waals surface area contributed by atoms with Crippen LogP contribution >= 0.6 is 0 Å². The Morgan fingerprint density at radius 2 is 2.00 bits per heavy atom. The van der Waals surface area contributed by atoms with Crippen LogP contribution in [0.25, 0.3) is 0 Å². The van der Waals surface area contributed by atoms with E-state index in [1.165, 1.54) is 0 Å². The Balaban J connectivity index is 1.96. The van der Waals surface area contributed by atoms with Gasteiger partial charge in [-0.1, -0.05) is 0 Å². The van der Waals surface area contributed by atoms with Crippen molar-refractivity contribution in [3.8, 4) is 0 Å². The maximum absolute atomic E-state index is 12.1. The van der Waals surface area contributed by atoms with E-state index in [0.717, 1.165) is 45.1 Å². The van der Waals surface area contributed by atoms with E-state index in [-0.39, 0.29) is 5.54 Å². The summed E-state index contributed by atoms with van der Waals surface area (Å²) in [7, 11) is 0. The molecule has 0 aromatic carbocycles. The van der Waals surface area contributed by atoms with Crippen LogP contribution < -0.4 is 0 Å². The highest BCUT2D eigenvalue weighted by Gasteiger charge is 2.52. The molecule has 1 saturated carbocycles. The highest BCUT2D eigenvalue weighted by Crippen LogP contribution is 2.48. The van der Waals surface area contributed by atoms with Gasteiger partial charge in [0.1, 0.15) is 5.78 Å². The molecule has 3 heteroatoms. The molecule has 3 fully saturated rings. The maximum atomic E-state index is 12.1. The topological polar surface area (TPSA) is 37.4 Å². The summed E-state index contributed by atoms with van der Waals surface area (Å²) in [5.41, 5.74) is 0.0848. The lowest BCUT2D eigenvalue weighted by molar-refractivity contribution is -0.140. The number of hydrogen-bond donors (Lipinski definition) is 0. The molecular weight excluding hydrogens is 202 g/mol. The van der Waals surface area contributed by atoms with Gasteiger partial charge in [0.05, 0.1) is 0 Å². The summed E-state index contributed by atoms with van der Waals surface area (Å²) in [5.74, 6) is 1.22. The van der Waals surface area contributed by atoms with Gasteiger partial charge in [-0.2, -0.15) is 0 Å². The average molecular weight is 221 g/mol. The van der Waals surface area contributed by atoms with Gasteiger partial charge in [-0.15, -0.1) is 0 Å². The molecule has 0 aromatic heterocycles. The fraction of sp³-hybridized carbons (Fsp3) is 0.846. The van der Waals surface area contributed by atoms with E-state index in [2.05, 4.69) is 4.90 Å². The second kappa shape index (κ2) is 3.57. The SMILES string of the molecule is O=C1CC[C@@]23CCCN2C(=O)CCC[C@H]3C1. The van der Waals surface area contributed by atoms with E-state index in [9.17, 15) is 9.59 Å². The van der Waals surface area contributed by atoms with Crippen LogP contribution in [0.3, 0.4) is 0 Å². The molecule has 2 aliphatic heterocycles. The largest absolute Gasteiger partial charge is 0.337 e. The molecule has 3 rings (SSSR count). The zero-order valence-electron chi connectivity index (χ0n) is 9.71. The van der Waals surface area contributed by atoms with E-state index in [1.54, 1.807) is 0 Å². The van der Waals surface area contributed by atoms with Crippen molar-refractivity contribution in [3.63, 3.8) is 0 Å². The quantitative estimate of drug-likeness (QED) is 0.626. The number of nitrogens with zero attached hydrogens (tertiary/aromatic N) is 1. The summed E-state index contributed by atoms with van der Waals surface area (Å²) in [6.07, 6.45) is 7.38. The Kier molecular flexibility index (Phi) is 2.30.